The second kappa shape index (κ2) is 7.67. The number of pyridine rings is 1. The molecular formula is C23H31FN4O2. The molecule has 7 heteroatoms. The minimum absolute atomic E-state index is 0.241. The summed E-state index contributed by atoms with van der Waals surface area (Å²) in [7, 11) is 0. The molecule has 2 aromatic heterocycles. The van der Waals surface area contributed by atoms with Gasteiger partial charge in [-0.05, 0) is 64.0 Å². The van der Waals surface area contributed by atoms with Crippen molar-refractivity contribution in [2.24, 2.45) is 0 Å². The lowest BCUT2D eigenvalue weighted by Gasteiger charge is -2.33. The molecule has 162 valence electrons. The Morgan fingerprint density at radius 1 is 1.23 bits per heavy atom. The van der Waals surface area contributed by atoms with Gasteiger partial charge in [0.05, 0.1) is 17.6 Å². The van der Waals surface area contributed by atoms with Gasteiger partial charge in [-0.3, -0.25) is 0 Å². The third-order valence-electron chi connectivity index (χ3n) is 5.90. The highest BCUT2D eigenvalue weighted by molar-refractivity contribution is 5.68. The Balaban J connectivity index is 1.59. The van der Waals surface area contributed by atoms with Crippen molar-refractivity contribution in [3.05, 3.63) is 40.6 Å². The Labute approximate surface area is 177 Å². The van der Waals surface area contributed by atoms with Gasteiger partial charge in [0.1, 0.15) is 11.4 Å². The smallest absolute Gasteiger partial charge is 0.410 e. The molecule has 2 aliphatic heterocycles. The fourth-order valence-corrected chi connectivity index (χ4v) is 4.59. The van der Waals surface area contributed by atoms with E-state index in [0.717, 1.165) is 42.8 Å². The van der Waals surface area contributed by atoms with E-state index in [9.17, 15) is 9.18 Å². The number of likely N-dealkylation sites (tertiary alicyclic amines) is 1. The van der Waals surface area contributed by atoms with Gasteiger partial charge in [-0.25, -0.2) is 18.9 Å². The standard InChI is InChI=1S/C23H31FN4O2/c1-14(2)19-18-7-6-16-12-17(24)13-25-21(16)28(18)26-20(19)15-8-10-27(11-9-15)22(29)30-23(3,4)5/h12-15H,6-11H2,1-5H3. The summed E-state index contributed by atoms with van der Waals surface area (Å²) < 4.78 is 21.1. The first-order valence-corrected chi connectivity index (χ1v) is 10.9. The number of halogens is 1. The van der Waals surface area contributed by atoms with Crippen LogP contribution in [0.3, 0.4) is 0 Å². The number of ether oxygens (including phenoxy) is 1. The fraction of sp³-hybridized carbons (Fsp3) is 0.609. The van der Waals surface area contributed by atoms with Crippen molar-refractivity contribution in [2.75, 3.05) is 13.1 Å². The number of aryl methyl sites for hydroxylation is 1. The monoisotopic (exact) mass is 414 g/mol. The largest absolute Gasteiger partial charge is 0.444 e. The van der Waals surface area contributed by atoms with Gasteiger partial charge in [0, 0.05) is 24.6 Å². The van der Waals surface area contributed by atoms with E-state index < -0.39 is 5.60 Å². The molecule has 1 saturated heterocycles. The Kier molecular flexibility index (Phi) is 5.32. The van der Waals surface area contributed by atoms with Crippen LogP contribution in [0.4, 0.5) is 9.18 Å². The molecule has 0 spiro atoms. The predicted molar refractivity (Wildman–Crippen MR) is 113 cm³/mol. The lowest BCUT2D eigenvalue weighted by molar-refractivity contribution is 0.0203. The molecule has 30 heavy (non-hydrogen) atoms. The zero-order chi connectivity index (χ0) is 21.6. The molecule has 0 aliphatic carbocycles. The van der Waals surface area contributed by atoms with Crippen molar-refractivity contribution in [3.8, 4) is 5.82 Å². The summed E-state index contributed by atoms with van der Waals surface area (Å²) in [6.07, 6.45) is 4.37. The van der Waals surface area contributed by atoms with E-state index >= 15 is 0 Å². The molecule has 1 fully saturated rings. The molecule has 6 nitrogen and oxygen atoms in total. The molecule has 2 aromatic rings. The van der Waals surface area contributed by atoms with Gasteiger partial charge >= 0.3 is 6.09 Å². The predicted octanol–water partition coefficient (Wildman–Crippen LogP) is 4.74. The molecule has 0 atom stereocenters. The molecule has 0 saturated carbocycles. The minimum atomic E-state index is -0.485. The molecule has 1 amide bonds. The van der Waals surface area contributed by atoms with Crippen molar-refractivity contribution in [1.82, 2.24) is 19.7 Å². The lowest BCUT2D eigenvalue weighted by atomic mass is 9.86. The van der Waals surface area contributed by atoms with Crippen molar-refractivity contribution >= 4 is 6.09 Å². The van der Waals surface area contributed by atoms with Gasteiger partial charge in [-0.2, -0.15) is 5.10 Å². The van der Waals surface area contributed by atoms with Gasteiger partial charge in [0.2, 0.25) is 0 Å². The fourth-order valence-electron chi connectivity index (χ4n) is 4.59. The first-order chi connectivity index (χ1) is 14.1. The van der Waals surface area contributed by atoms with Crippen LogP contribution in [0, 0.1) is 5.82 Å². The van der Waals surface area contributed by atoms with E-state index in [2.05, 4.69) is 18.8 Å². The van der Waals surface area contributed by atoms with Crippen LogP contribution in [-0.2, 0) is 17.6 Å². The average molecular weight is 415 g/mol. The van der Waals surface area contributed by atoms with Crippen molar-refractivity contribution in [2.45, 2.75) is 77.7 Å². The maximum absolute atomic E-state index is 13.6. The first-order valence-electron chi connectivity index (χ1n) is 10.9. The van der Waals surface area contributed by atoms with E-state index in [4.69, 9.17) is 9.84 Å². The van der Waals surface area contributed by atoms with Gasteiger partial charge < -0.3 is 9.64 Å². The number of hydrogen-bond donors (Lipinski definition) is 0. The van der Waals surface area contributed by atoms with Gasteiger partial charge in [0.25, 0.3) is 0 Å². The zero-order valence-corrected chi connectivity index (χ0v) is 18.5. The summed E-state index contributed by atoms with van der Waals surface area (Å²) in [6.45, 7) is 11.4. The lowest BCUT2D eigenvalue weighted by Crippen LogP contribution is -2.41. The van der Waals surface area contributed by atoms with Crippen molar-refractivity contribution in [3.63, 3.8) is 0 Å². The van der Waals surface area contributed by atoms with Crippen LogP contribution in [0.25, 0.3) is 5.82 Å². The Hall–Kier alpha value is -2.44. The number of carbonyl (C=O) groups is 1. The highest BCUT2D eigenvalue weighted by atomic mass is 19.1. The third kappa shape index (κ3) is 3.94. The first kappa shape index (κ1) is 20.8. The summed E-state index contributed by atoms with van der Waals surface area (Å²) in [6, 6.07) is 1.57. The van der Waals surface area contributed by atoms with Crippen LogP contribution in [0.2, 0.25) is 0 Å². The van der Waals surface area contributed by atoms with E-state index in [-0.39, 0.29) is 11.9 Å². The summed E-state index contributed by atoms with van der Waals surface area (Å²) in [5, 5.41) is 4.99. The molecule has 0 bridgehead atoms. The minimum Gasteiger partial charge on any atom is -0.444 e. The molecule has 0 aromatic carbocycles. The maximum atomic E-state index is 13.6. The van der Waals surface area contributed by atoms with Crippen LogP contribution in [0.1, 0.15) is 81.8 Å². The van der Waals surface area contributed by atoms with Crippen LogP contribution >= 0.6 is 0 Å². The number of amides is 1. The second-order valence-corrected chi connectivity index (χ2v) is 9.69. The number of carbonyl (C=O) groups excluding carboxylic acids is 1. The second-order valence-electron chi connectivity index (χ2n) is 9.69. The number of hydrogen-bond acceptors (Lipinski definition) is 4. The Morgan fingerprint density at radius 2 is 1.93 bits per heavy atom. The molecule has 0 unspecified atom stereocenters. The summed E-state index contributed by atoms with van der Waals surface area (Å²) in [5.41, 5.74) is 4.03. The third-order valence-corrected chi connectivity index (χ3v) is 5.90. The highest BCUT2D eigenvalue weighted by Crippen LogP contribution is 2.38. The normalized spacial score (nSPS) is 17.1. The SMILES string of the molecule is CC(C)c1c(C2CCN(C(=O)OC(C)(C)C)CC2)nn2c1CCc1cc(F)cnc1-2. The van der Waals surface area contributed by atoms with Gasteiger partial charge in [-0.1, -0.05) is 13.8 Å². The van der Waals surface area contributed by atoms with E-state index in [1.807, 2.05) is 25.5 Å². The molecular weight excluding hydrogens is 383 g/mol. The number of rotatable bonds is 2. The van der Waals surface area contributed by atoms with Crippen LogP contribution in [0.5, 0.6) is 0 Å². The van der Waals surface area contributed by atoms with Gasteiger partial charge in [-0.15, -0.1) is 0 Å². The summed E-state index contributed by atoms with van der Waals surface area (Å²) >= 11 is 0. The van der Waals surface area contributed by atoms with E-state index in [0.29, 0.717) is 24.9 Å². The van der Waals surface area contributed by atoms with Crippen LogP contribution in [0.15, 0.2) is 12.3 Å². The topological polar surface area (TPSA) is 60.3 Å². The van der Waals surface area contributed by atoms with E-state index in [1.165, 1.54) is 17.5 Å². The van der Waals surface area contributed by atoms with Crippen molar-refractivity contribution in [1.29, 1.82) is 0 Å². The van der Waals surface area contributed by atoms with Crippen LogP contribution in [-0.4, -0.2) is 44.4 Å². The average Bonchev–Trinajstić information content (AvgIpc) is 3.06. The number of piperidine rings is 1. The zero-order valence-electron chi connectivity index (χ0n) is 18.5. The van der Waals surface area contributed by atoms with Gasteiger partial charge in [0.15, 0.2) is 5.82 Å². The van der Waals surface area contributed by atoms with Crippen LogP contribution < -0.4 is 0 Å². The molecule has 4 heterocycles. The quantitative estimate of drug-likeness (QED) is 0.712. The summed E-state index contributed by atoms with van der Waals surface area (Å²) in [4.78, 5) is 18.5. The molecule has 4 rings (SSSR count). The molecule has 0 radical (unpaired) electrons. The maximum Gasteiger partial charge on any atom is 0.410 e. The highest BCUT2D eigenvalue weighted by Gasteiger charge is 2.33. The molecule has 0 N–H and O–H groups in total. The number of fused-ring (bicyclic) bond motifs is 3. The van der Waals surface area contributed by atoms with Crippen molar-refractivity contribution < 1.29 is 13.9 Å². The summed E-state index contributed by atoms with van der Waals surface area (Å²) in [5.74, 6) is 1.08. The Morgan fingerprint density at radius 3 is 2.57 bits per heavy atom. The molecule has 2 aliphatic rings. The Bertz CT molecular complexity index is 953. The number of nitrogens with zero attached hydrogens (tertiary/aromatic N) is 4. The number of aromatic nitrogens is 3. The van der Waals surface area contributed by atoms with E-state index in [1.54, 1.807) is 11.0 Å².